The van der Waals surface area contributed by atoms with E-state index in [9.17, 15) is 0 Å². The summed E-state index contributed by atoms with van der Waals surface area (Å²) in [6.45, 7) is 2.21. The Kier molecular flexibility index (Phi) is 3.42. The number of rotatable bonds is 3. The summed E-state index contributed by atoms with van der Waals surface area (Å²) in [7, 11) is 0. The van der Waals surface area contributed by atoms with Crippen LogP contribution in [0.25, 0.3) is 0 Å². The Morgan fingerprint density at radius 1 is 1.60 bits per heavy atom. The zero-order chi connectivity index (χ0) is 8.04. The van der Waals surface area contributed by atoms with E-state index in [2.05, 4.69) is 5.32 Å². The molecule has 0 aliphatic heterocycles. The highest BCUT2D eigenvalue weighted by atomic mass is 16.3. The highest BCUT2D eigenvalue weighted by molar-refractivity contribution is 5.02. The molecule has 4 heteroatoms. The van der Waals surface area contributed by atoms with Gasteiger partial charge in [-0.2, -0.15) is 10.5 Å². The second kappa shape index (κ2) is 3.84. The van der Waals surface area contributed by atoms with E-state index in [1.807, 2.05) is 0 Å². The molecule has 0 spiro atoms. The second-order valence-corrected chi connectivity index (χ2v) is 1.84. The third-order valence-electron chi connectivity index (χ3n) is 0.989. The van der Waals surface area contributed by atoms with E-state index in [1.54, 1.807) is 19.1 Å². The molecule has 0 radical (unpaired) electrons. The van der Waals surface area contributed by atoms with Crippen molar-refractivity contribution in [3.8, 4) is 12.1 Å². The fourth-order valence-electron chi connectivity index (χ4n) is 0.548. The van der Waals surface area contributed by atoms with Gasteiger partial charge in [0.25, 0.3) is 0 Å². The van der Waals surface area contributed by atoms with Gasteiger partial charge in [-0.1, -0.05) is 6.92 Å². The molecule has 2 N–H and O–H groups in total. The second-order valence-electron chi connectivity index (χ2n) is 1.84. The molecule has 0 saturated carbocycles. The molecule has 0 heterocycles. The lowest BCUT2D eigenvalue weighted by Crippen LogP contribution is -2.43. The standard InChI is InChI=1S/C6H9N3O/c1-2-9-6(10,5-8)3-4-7/h9-10H,2-3H2,1H3. The number of hydrogen-bond donors (Lipinski definition) is 2. The molecule has 0 rings (SSSR count). The van der Waals surface area contributed by atoms with Gasteiger partial charge < -0.3 is 5.11 Å². The molecular formula is C6H9N3O. The van der Waals surface area contributed by atoms with Gasteiger partial charge in [0.2, 0.25) is 5.72 Å². The Balaban J connectivity index is 4.01. The first-order valence-corrected chi connectivity index (χ1v) is 2.94. The van der Waals surface area contributed by atoms with Crippen LogP contribution in [0.2, 0.25) is 0 Å². The van der Waals surface area contributed by atoms with Crippen molar-refractivity contribution in [1.82, 2.24) is 5.32 Å². The van der Waals surface area contributed by atoms with E-state index in [0.29, 0.717) is 6.54 Å². The fourth-order valence-corrected chi connectivity index (χ4v) is 0.548. The van der Waals surface area contributed by atoms with Crippen molar-refractivity contribution in [1.29, 1.82) is 10.5 Å². The van der Waals surface area contributed by atoms with Gasteiger partial charge in [0, 0.05) is 0 Å². The molecule has 10 heavy (non-hydrogen) atoms. The van der Waals surface area contributed by atoms with E-state index in [1.165, 1.54) is 0 Å². The van der Waals surface area contributed by atoms with Gasteiger partial charge in [-0.05, 0) is 6.54 Å². The number of nitriles is 2. The zero-order valence-corrected chi connectivity index (χ0v) is 5.76. The Labute approximate surface area is 59.7 Å². The minimum Gasteiger partial charge on any atom is -0.363 e. The molecule has 0 bridgehead atoms. The molecule has 0 fully saturated rings. The van der Waals surface area contributed by atoms with Crippen LogP contribution < -0.4 is 5.32 Å². The van der Waals surface area contributed by atoms with Crippen molar-refractivity contribution < 1.29 is 5.11 Å². The molecule has 0 aromatic rings. The Morgan fingerprint density at radius 3 is 2.50 bits per heavy atom. The van der Waals surface area contributed by atoms with Gasteiger partial charge in [-0.15, -0.1) is 0 Å². The van der Waals surface area contributed by atoms with Crippen LogP contribution >= 0.6 is 0 Å². The lowest BCUT2D eigenvalue weighted by atomic mass is 10.2. The quantitative estimate of drug-likeness (QED) is 0.416. The number of nitrogens with zero attached hydrogens (tertiary/aromatic N) is 2. The van der Waals surface area contributed by atoms with Gasteiger partial charge in [0.05, 0.1) is 12.5 Å². The van der Waals surface area contributed by atoms with Gasteiger partial charge >= 0.3 is 0 Å². The van der Waals surface area contributed by atoms with Crippen LogP contribution in [0.1, 0.15) is 13.3 Å². The maximum Gasteiger partial charge on any atom is 0.218 e. The number of hydrogen-bond acceptors (Lipinski definition) is 4. The van der Waals surface area contributed by atoms with Crippen molar-refractivity contribution >= 4 is 0 Å². The lowest BCUT2D eigenvalue weighted by molar-refractivity contribution is 0.0691. The molecule has 0 saturated heterocycles. The monoisotopic (exact) mass is 139 g/mol. The highest BCUT2D eigenvalue weighted by Crippen LogP contribution is 2.01. The van der Waals surface area contributed by atoms with Crippen molar-refractivity contribution in [3.05, 3.63) is 0 Å². The maximum absolute atomic E-state index is 9.13. The van der Waals surface area contributed by atoms with E-state index in [4.69, 9.17) is 15.6 Å². The SMILES string of the molecule is CCNC(O)(C#N)CC#N. The first kappa shape index (κ1) is 8.90. The van der Waals surface area contributed by atoms with Gasteiger partial charge in [0.15, 0.2) is 0 Å². The number of aliphatic hydroxyl groups is 1. The molecule has 0 aliphatic carbocycles. The predicted molar refractivity (Wildman–Crippen MR) is 34.5 cm³/mol. The first-order valence-electron chi connectivity index (χ1n) is 2.94. The molecule has 0 aromatic heterocycles. The largest absolute Gasteiger partial charge is 0.363 e. The third-order valence-corrected chi connectivity index (χ3v) is 0.989. The van der Waals surface area contributed by atoms with Crippen molar-refractivity contribution in [2.75, 3.05) is 6.54 Å². The summed E-state index contributed by atoms with van der Waals surface area (Å²) in [4.78, 5) is 0. The van der Waals surface area contributed by atoms with E-state index in [0.717, 1.165) is 0 Å². The van der Waals surface area contributed by atoms with Crippen LogP contribution in [-0.2, 0) is 0 Å². The van der Waals surface area contributed by atoms with Crippen LogP contribution in [0.4, 0.5) is 0 Å². The molecule has 0 amide bonds. The molecule has 54 valence electrons. The molecule has 0 aliphatic rings. The smallest absolute Gasteiger partial charge is 0.218 e. The van der Waals surface area contributed by atoms with Crippen LogP contribution in [0.3, 0.4) is 0 Å². The summed E-state index contributed by atoms with van der Waals surface area (Å²) in [5.74, 6) is 0. The molecule has 1 unspecified atom stereocenters. The van der Waals surface area contributed by atoms with Gasteiger partial charge in [-0.3, -0.25) is 5.32 Å². The summed E-state index contributed by atoms with van der Waals surface area (Å²) >= 11 is 0. The first-order chi connectivity index (χ1) is 4.68. The van der Waals surface area contributed by atoms with E-state index >= 15 is 0 Å². The highest BCUT2D eigenvalue weighted by Gasteiger charge is 2.23. The average Bonchev–Trinajstić information content (AvgIpc) is 1.89. The topological polar surface area (TPSA) is 79.8 Å². The Hall–Kier alpha value is -1.10. The van der Waals surface area contributed by atoms with Crippen LogP contribution in [0, 0.1) is 22.7 Å². The van der Waals surface area contributed by atoms with Crippen molar-refractivity contribution in [2.24, 2.45) is 0 Å². The Morgan fingerprint density at radius 2 is 2.20 bits per heavy atom. The minimum atomic E-state index is -1.66. The summed E-state index contributed by atoms with van der Waals surface area (Å²) < 4.78 is 0. The average molecular weight is 139 g/mol. The predicted octanol–water partition coefficient (Wildman–Crippen LogP) is -0.278. The minimum absolute atomic E-state index is 0.211. The van der Waals surface area contributed by atoms with Crippen LogP contribution in [0.5, 0.6) is 0 Å². The summed E-state index contributed by atoms with van der Waals surface area (Å²) in [6.07, 6.45) is -0.211. The van der Waals surface area contributed by atoms with Gasteiger partial charge in [-0.25, -0.2) is 0 Å². The van der Waals surface area contributed by atoms with E-state index in [-0.39, 0.29) is 6.42 Å². The molecule has 4 nitrogen and oxygen atoms in total. The third kappa shape index (κ3) is 2.45. The lowest BCUT2D eigenvalue weighted by Gasteiger charge is -2.16. The van der Waals surface area contributed by atoms with Crippen molar-refractivity contribution in [2.45, 2.75) is 19.1 Å². The normalized spacial score (nSPS) is 14.8. The van der Waals surface area contributed by atoms with Crippen molar-refractivity contribution in [3.63, 3.8) is 0 Å². The van der Waals surface area contributed by atoms with Crippen LogP contribution in [0.15, 0.2) is 0 Å². The summed E-state index contributed by atoms with van der Waals surface area (Å²) in [5, 5.41) is 28.1. The van der Waals surface area contributed by atoms with E-state index < -0.39 is 5.72 Å². The maximum atomic E-state index is 9.13. The summed E-state index contributed by atoms with van der Waals surface area (Å²) in [6, 6.07) is 3.31. The van der Waals surface area contributed by atoms with Crippen LogP contribution in [-0.4, -0.2) is 17.4 Å². The molecular weight excluding hydrogens is 130 g/mol. The Bertz CT molecular complexity index is 178. The molecule has 0 aromatic carbocycles. The summed E-state index contributed by atoms with van der Waals surface area (Å²) in [5.41, 5.74) is -1.66. The fraction of sp³-hybridized carbons (Fsp3) is 0.667. The van der Waals surface area contributed by atoms with Gasteiger partial charge in [0.1, 0.15) is 6.07 Å². The zero-order valence-electron chi connectivity index (χ0n) is 5.76. The number of nitrogens with one attached hydrogen (secondary N) is 1. The molecule has 1 atom stereocenters.